The summed E-state index contributed by atoms with van der Waals surface area (Å²) >= 11 is 0. The highest BCUT2D eigenvalue weighted by molar-refractivity contribution is 6.19. The van der Waals surface area contributed by atoms with E-state index in [1.165, 1.54) is 0 Å². The second-order valence-electron chi connectivity index (χ2n) is 3.60. The fraction of sp³-hybridized carbons (Fsp3) is 0.182. The average Bonchev–Trinajstić information content (AvgIpc) is 2.25. The number of amides is 2. The molecule has 0 fully saturated rings. The summed E-state index contributed by atoms with van der Waals surface area (Å²) in [5.74, 6) is -4.16. The van der Waals surface area contributed by atoms with E-state index in [9.17, 15) is 14.4 Å². The van der Waals surface area contributed by atoms with Gasteiger partial charge in [-0.15, -0.1) is 0 Å². The van der Waals surface area contributed by atoms with E-state index in [1.807, 2.05) is 0 Å². The minimum Gasteiger partial charge on any atom is -0.480 e. The number of aliphatic carboxylic acids is 1. The van der Waals surface area contributed by atoms with Crippen molar-refractivity contribution in [3.63, 3.8) is 0 Å². The van der Waals surface area contributed by atoms with Crippen LogP contribution in [0, 0.1) is 5.41 Å². The molecule has 6 heteroatoms. The molecule has 0 saturated heterocycles. The fourth-order valence-corrected chi connectivity index (χ4v) is 1.48. The van der Waals surface area contributed by atoms with Crippen LogP contribution in [0.3, 0.4) is 0 Å². The summed E-state index contributed by atoms with van der Waals surface area (Å²) in [6.45, 7) is 0. The second-order valence-corrected chi connectivity index (χ2v) is 3.60. The maximum atomic E-state index is 11.2. The first-order chi connectivity index (χ1) is 7.91. The van der Waals surface area contributed by atoms with Gasteiger partial charge in [0.2, 0.25) is 17.2 Å². The lowest BCUT2D eigenvalue weighted by molar-refractivity contribution is -0.159. The van der Waals surface area contributed by atoms with Crippen molar-refractivity contribution in [1.29, 1.82) is 0 Å². The fourth-order valence-electron chi connectivity index (χ4n) is 1.48. The molecule has 6 nitrogen and oxygen atoms in total. The van der Waals surface area contributed by atoms with Gasteiger partial charge in [0.1, 0.15) is 0 Å². The first-order valence-corrected chi connectivity index (χ1v) is 4.78. The lowest BCUT2D eigenvalue weighted by atomic mass is 9.80. The number of benzene rings is 1. The minimum atomic E-state index is -2.40. The highest BCUT2D eigenvalue weighted by atomic mass is 16.4. The number of carboxylic acid groups (broad SMARTS) is 1. The molecule has 0 spiro atoms. The lowest BCUT2D eigenvalue weighted by Crippen LogP contribution is -2.54. The van der Waals surface area contributed by atoms with Crippen LogP contribution in [0.2, 0.25) is 0 Å². The molecule has 0 heterocycles. The molecule has 90 valence electrons. The summed E-state index contributed by atoms with van der Waals surface area (Å²) in [5, 5.41) is 9.02. The van der Waals surface area contributed by atoms with Crippen molar-refractivity contribution in [2.24, 2.45) is 16.9 Å². The Labute approximate surface area is 97.2 Å². The zero-order chi connectivity index (χ0) is 13.1. The first-order valence-electron chi connectivity index (χ1n) is 4.78. The van der Waals surface area contributed by atoms with E-state index < -0.39 is 23.2 Å². The van der Waals surface area contributed by atoms with Crippen LogP contribution in [0.15, 0.2) is 30.3 Å². The van der Waals surface area contributed by atoms with Crippen LogP contribution in [-0.2, 0) is 20.8 Å². The van der Waals surface area contributed by atoms with Crippen LogP contribution in [0.25, 0.3) is 0 Å². The van der Waals surface area contributed by atoms with Gasteiger partial charge < -0.3 is 16.6 Å². The summed E-state index contributed by atoms with van der Waals surface area (Å²) < 4.78 is 0. The van der Waals surface area contributed by atoms with Crippen molar-refractivity contribution in [2.45, 2.75) is 6.42 Å². The molecule has 0 unspecified atom stereocenters. The molecule has 0 saturated carbocycles. The number of hydrogen-bond acceptors (Lipinski definition) is 3. The van der Waals surface area contributed by atoms with E-state index in [1.54, 1.807) is 30.3 Å². The van der Waals surface area contributed by atoms with Gasteiger partial charge in [-0.05, 0) is 5.56 Å². The number of rotatable bonds is 5. The molecule has 0 aliphatic heterocycles. The Bertz CT molecular complexity index is 420. The lowest BCUT2D eigenvalue weighted by Gasteiger charge is -2.22. The molecule has 0 aromatic heterocycles. The second kappa shape index (κ2) is 4.65. The quantitative estimate of drug-likeness (QED) is 0.583. The van der Waals surface area contributed by atoms with E-state index in [2.05, 4.69) is 0 Å². The molecule has 1 aromatic carbocycles. The Morgan fingerprint density at radius 3 is 1.88 bits per heavy atom. The highest BCUT2D eigenvalue weighted by Crippen LogP contribution is 2.23. The van der Waals surface area contributed by atoms with E-state index in [4.69, 9.17) is 16.6 Å². The topological polar surface area (TPSA) is 123 Å². The summed E-state index contributed by atoms with van der Waals surface area (Å²) in [6, 6.07) is 8.21. The molecule has 17 heavy (non-hydrogen) atoms. The highest BCUT2D eigenvalue weighted by Gasteiger charge is 2.50. The summed E-state index contributed by atoms with van der Waals surface area (Å²) in [6.07, 6.45) is -0.353. The molecule has 0 aliphatic carbocycles. The standard InChI is InChI=1S/C11H12N2O4/c12-8(14)11(9(13)15,10(16)17)6-7-4-2-1-3-5-7/h1-5H,6H2,(H2,12,14)(H2,13,15)(H,16,17). The summed E-state index contributed by atoms with van der Waals surface area (Å²) in [4.78, 5) is 33.6. The van der Waals surface area contributed by atoms with Crippen molar-refractivity contribution in [3.8, 4) is 0 Å². The van der Waals surface area contributed by atoms with Gasteiger partial charge in [0.25, 0.3) is 0 Å². The number of nitrogens with two attached hydrogens (primary N) is 2. The normalized spacial score (nSPS) is 10.8. The molecule has 0 atom stereocenters. The predicted octanol–water partition coefficient (Wildman–Crippen LogP) is -0.729. The van der Waals surface area contributed by atoms with Crippen LogP contribution in [0.5, 0.6) is 0 Å². The number of carbonyl (C=O) groups excluding carboxylic acids is 2. The van der Waals surface area contributed by atoms with E-state index in [-0.39, 0.29) is 6.42 Å². The molecule has 2 amide bonds. The van der Waals surface area contributed by atoms with Crippen molar-refractivity contribution >= 4 is 17.8 Å². The third-order valence-electron chi connectivity index (χ3n) is 2.52. The minimum absolute atomic E-state index is 0.353. The molecule has 0 radical (unpaired) electrons. The zero-order valence-corrected chi connectivity index (χ0v) is 8.92. The van der Waals surface area contributed by atoms with Crippen molar-refractivity contribution in [3.05, 3.63) is 35.9 Å². The summed E-state index contributed by atoms with van der Waals surface area (Å²) in [5.41, 5.74) is 8.09. The Hall–Kier alpha value is -2.37. The van der Waals surface area contributed by atoms with Crippen LogP contribution in [-0.4, -0.2) is 22.9 Å². The SMILES string of the molecule is NC(=O)C(Cc1ccccc1)(C(N)=O)C(=O)O. The van der Waals surface area contributed by atoms with Crippen LogP contribution in [0.4, 0.5) is 0 Å². The van der Waals surface area contributed by atoms with E-state index >= 15 is 0 Å². The van der Waals surface area contributed by atoms with Gasteiger partial charge in [-0.2, -0.15) is 0 Å². The number of primary amides is 2. The van der Waals surface area contributed by atoms with Crippen molar-refractivity contribution in [2.75, 3.05) is 0 Å². The molecule has 1 aromatic rings. The molecule has 1 rings (SSSR count). The smallest absolute Gasteiger partial charge is 0.329 e. The van der Waals surface area contributed by atoms with Gasteiger partial charge >= 0.3 is 5.97 Å². The Morgan fingerprint density at radius 2 is 1.53 bits per heavy atom. The van der Waals surface area contributed by atoms with Crippen molar-refractivity contribution < 1.29 is 19.5 Å². The van der Waals surface area contributed by atoms with Crippen molar-refractivity contribution in [1.82, 2.24) is 0 Å². The largest absolute Gasteiger partial charge is 0.480 e. The molecular formula is C11H12N2O4. The number of carbonyl (C=O) groups is 3. The maximum Gasteiger partial charge on any atom is 0.329 e. The average molecular weight is 236 g/mol. The Morgan fingerprint density at radius 1 is 1.06 bits per heavy atom. The third-order valence-corrected chi connectivity index (χ3v) is 2.52. The third kappa shape index (κ3) is 2.25. The molecule has 5 N–H and O–H groups in total. The van der Waals surface area contributed by atoms with E-state index in [0.29, 0.717) is 5.56 Å². The van der Waals surface area contributed by atoms with Crippen LogP contribution in [0.1, 0.15) is 5.56 Å². The maximum absolute atomic E-state index is 11.2. The van der Waals surface area contributed by atoms with Crippen LogP contribution < -0.4 is 11.5 Å². The molecule has 0 aliphatic rings. The van der Waals surface area contributed by atoms with Gasteiger partial charge in [0, 0.05) is 6.42 Å². The van der Waals surface area contributed by atoms with Crippen LogP contribution >= 0.6 is 0 Å². The van der Waals surface area contributed by atoms with Gasteiger partial charge in [0.05, 0.1) is 0 Å². The number of hydrogen-bond donors (Lipinski definition) is 3. The molecular weight excluding hydrogens is 224 g/mol. The van der Waals surface area contributed by atoms with E-state index in [0.717, 1.165) is 0 Å². The number of carboxylic acids is 1. The zero-order valence-electron chi connectivity index (χ0n) is 8.92. The Kier molecular flexibility index (Phi) is 3.47. The molecule has 0 bridgehead atoms. The van der Waals surface area contributed by atoms with Gasteiger partial charge in [-0.3, -0.25) is 14.4 Å². The monoisotopic (exact) mass is 236 g/mol. The van der Waals surface area contributed by atoms with Gasteiger partial charge in [0.15, 0.2) is 0 Å². The summed E-state index contributed by atoms with van der Waals surface area (Å²) in [7, 11) is 0. The Balaban J connectivity index is 3.21. The van der Waals surface area contributed by atoms with Gasteiger partial charge in [-0.25, -0.2) is 0 Å². The van der Waals surface area contributed by atoms with Gasteiger partial charge in [-0.1, -0.05) is 30.3 Å². The predicted molar refractivity (Wildman–Crippen MR) is 58.6 cm³/mol. The first kappa shape index (κ1) is 12.7.